The van der Waals surface area contributed by atoms with Gasteiger partial charge < -0.3 is 9.47 Å². The van der Waals surface area contributed by atoms with Crippen molar-refractivity contribution in [3.05, 3.63) is 248 Å². The first-order valence-electron chi connectivity index (χ1n) is 21.4. The van der Waals surface area contributed by atoms with E-state index in [4.69, 9.17) is 9.98 Å². The molecule has 0 unspecified atom stereocenters. The quantitative estimate of drug-likeness (QED) is 0.0855. The zero-order chi connectivity index (χ0) is 42.3. The normalized spacial score (nSPS) is 12.8. The first kappa shape index (κ1) is 37.6. The number of aromatic nitrogens is 1. The second kappa shape index (κ2) is 15.9. The van der Waals surface area contributed by atoms with Gasteiger partial charge in [0, 0.05) is 49.9 Å². The summed E-state index contributed by atoms with van der Waals surface area (Å²) in [7, 11) is 0. The molecule has 2 heterocycles. The van der Waals surface area contributed by atoms with E-state index in [0.717, 1.165) is 62.0 Å². The van der Waals surface area contributed by atoms with Gasteiger partial charge in [0.2, 0.25) is 0 Å². The van der Waals surface area contributed by atoms with Gasteiger partial charge in [0.05, 0.1) is 28.1 Å². The van der Waals surface area contributed by atoms with Crippen LogP contribution in [0, 0.1) is 0 Å². The molecule has 10 aromatic rings. The van der Waals surface area contributed by atoms with E-state index >= 15 is 0 Å². The number of hydrogen-bond acceptors (Lipinski definition) is 2. The summed E-state index contributed by atoms with van der Waals surface area (Å²) in [6.07, 6.45) is 3.74. The third-order valence-electron chi connectivity index (χ3n) is 12.1. The van der Waals surface area contributed by atoms with Crippen molar-refractivity contribution in [3.8, 4) is 27.9 Å². The van der Waals surface area contributed by atoms with Crippen molar-refractivity contribution in [1.82, 2.24) is 4.57 Å². The van der Waals surface area contributed by atoms with Gasteiger partial charge in [0.1, 0.15) is 0 Å². The van der Waals surface area contributed by atoms with Gasteiger partial charge in [-0.1, -0.05) is 164 Å². The number of para-hydroxylation sites is 3. The van der Waals surface area contributed by atoms with E-state index in [-0.39, 0.29) is 0 Å². The van der Waals surface area contributed by atoms with Crippen molar-refractivity contribution >= 4 is 66.9 Å². The van der Waals surface area contributed by atoms with E-state index in [1.165, 1.54) is 43.7 Å². The molecule has 0 atom stereocenters. The highest BCUT2D eigenvalue weighted by Crippen LogP contribution is 2.52. The number of rotatable bonds is 8. The molecule has 0 radical (unpaired) electrons. The van der Waals surface area contributed by atoms with Gasteiger partial charge in [-0.25, -0.2) is 9.98 Å². The highest BCUT2D eigenvalue weighted by atomic mass is 15.2. The molecule has 0 saturated heterocycles. The average Bonchev–Trinajstić information content (AvgIpc) is 3.69. The van der Waals surface area contributed by atoms with E-state index in [9.17, 15) is 0 Å². The molecule has 11 rings (SSSR count). The highest BCUT2D eigenvalue weighted by molar-refractivity contribution is 6.19. The largest absolute Gasteiger partial charge is 0.309 e. The number of fused-ring (bicyclic) bond motifs is 5. The zero-order valence-electron chi connectivity index (χ0n) is 34.9. The van der Waals surface area contributed by atoms with Crippen molar-refractivity contribution in [2.45, 2.75) is 6.92 Å². The van der Waals surface area contributed by atoms with Crippen molar-refractivity contribution in [3.63, 3.8) is 0 Å². The first-order valence-corrected chi connectivity index (χ1v) is 21.4. The van der Waals surface area contributed by atoms with Crippen LogP contribution in [0.1, 0.15) is 23.6 Å². The number of anilines is 3. The van der Waals surface area contributed by atoms with Crippen LogP contribution in [-0.4, -0.2) is 16.1 Å². The van der Waals surface area contributed by atoms with Crippen molar-refractivity contribution < 1.29 is 0 Å². The predicted octanol–water partition coefficient (Wildman–Crippen LogP) is 15.5. The lowest BCUT2D eigenvalue weighted by Crippen LogP contribution is -2.16. The number of aliphatic imine (C=N–C) groups is 2. The number of benzene rings is 9. The molecule has 0 bridgehead atoms. The second-order valence-electron chi connectivity index (χ2n) is 15.8. The van der Waals surface area contributed by atoms with Crippen LogP contribution in [0.5, 0.6) is 0 Å². The van der Waals surface area contributed by atoms with Crippen LogP contribution in [-0.2, 0) is 0 Å². The molecule has 4 heteroatoms. The Balaban J connectivity index is 1.12. The van der Waals surface area contributed by atoms with Gasteiger partial charge >= 0.3 is 0 Å². The molecule has 0 fully saturated rings. The molecule has 1 aromatic heterocycles. The number of amidine groups is 1. The lowest BCUT2D eigenvalue weighted by atomic mass is 9.86. The standard InChI is InChI=1S/C59H42N4/c1-3-19-53(42-22-9-5-10-23-42)61-59(60-40(2)41-20-7-4-8-21-41)44-34-36-56-52(39-44)51-31-18-30-50-47(35-37-57(58(50)51)62(56)45-25-11-6-12-26-45)43-24-17-27-46(38-43)63-54-32-15-13-28-48(54)49-29-14-16-33-55(49)63/h3-39H,1H2,2H3/b53-19+,60-40?,61-59?. The van der Waals surface area contributed by atoms with E-state index < -0.39 is 0 Å². The molecule has 0 aliphatic carbocycles. The molecule has 0 spiro atoms. The van der Waals surface area contributed by atoms with E-state index in [1.54, 1.807) is 6.08 Å². The molecular formula is C59H42N4. The summed E-state index contributed by atoms with van der Waals surface area (Å²) in [4.78, 5) is 13.0. The Morgan fingerprint density at radius 1 is 0.460 bits per heavy atom. The Hall–Kier alpha value is -8.34. The van der Waals surface area contributed by atoms with E-state index in [2.05, 4.69) is 199 Å². The molecular weight excluding hydrogens is 765 g/mol. The van der Waals surface area contributed by atoms with Crippen molar-refractivity contribution in [2.24, 2.45) is 9.98 Å². The molecule has 0 saturated carbocycles. The highest BCUT2D eigenvalue weighted by Gasteiger charge is 2.28. The van der Waals surface area contributed by atoms with Gasteiger partial charge in [-0.05, 0) is 101 Å². The Morgan fingerprint density at radius 2 is 1.06 bits per heavy atom. The summed E-state index contributed by atoms with van der Waals surface area (Å²) in [5, 5.41) is 4.89. The van der Waals surface area contributed by atoms with Crippen LogP contribution < -0.4 is 4.90 Å². The monoisotopic (exact) mass is 806 g/mol. The maximum atomic E-state index is 5.32. The van der Waals surface area contributed by atoms with Crippen LogP contribution in [0.4, 0.5) is 17.1 Å². The molecule has 1 aliphatic rings. The third-order valence-corrected chi connectivity index (χ3v) is 12.1. The third kappa shape index (κ3) is 6.66. The molecule has 0 amide bonds. The fourth-order valence-electron chi connectivity index (χ4n) is 9.22. The number of allylic oxidation sites excluding steroid dienone is 2. The summed E-state index contributed by atoms with van der Waals surface area (Å²) in [6, 6.07) is 75.5. The van der Waals surface area contributed by atoms with Crippen LogP contribution in [0.3, 0.4) is 0 Å². The van der Waals surface area contributed by atoms with Crippen LogP contribution in [0.2, 0.25) is 0 Å². The summed E-state index contributed by atoms with van der Waals surface area (Å²) in [6.45, 7) is 6.09. The maximum absolute atomic E-state index is 5.32. The summed E-state index contributed by atoms with van der Waals surface area (Å²) in [5.74, 6) is 0.621. The Kier molecular flexibility index (Phi) is 9.52. The van der Waals surface area contributed by atoms with Crippen molar-refractivity contribution in [1.29, 1.82) is 0 Å². The fraction of sp³-hybridized carbons (Fsp3) is 0.0169. The topological polar surface area (TPSA) is 32.9 Å². The minimum Gasteiger partial charge on any atom is -0.309 e. The SMILES string of the molecule is C=C/C=C(/N=C(N=C(C)c1ccccc1)c1ccc2c(c1)-c1cccc3c(-c4cccc(-n5c6ccccc6c6ccccc65)c4)ccc(c13)N2c1ccccc1)c1ccccc1. The van der Waals surface area contributed by atoms with Crippen molar-refractivity contribution in [2.75, 3.05) is 4.90 Å². The molecule has 9 aromatic carbocycles. The summed E-state index contributed by atoms with van der Waals surface area (Å²) < 4.78 is 2.39. The zero-order valence-corrected chi connectivity index (χ0v) is 34.9. The Bertz CT molecular complexity index is 3410. The summed E-state index contributed by atoms with van der Waals surface area (Å²) in [5.41, 5.74) is 16.1. The van der Waals surface area contributed by atoms with Gasteiger partial charge in [-0.15, -0.1) is 0 Å². The van der Waals surface area contributed by atoms with Crippen LogP contribution in [0.15, 0.2) is 241 Å². The van der Waals surface area contributed by atoms with Gasteiger partial charge in [0.25, 0.3) is 0 Å². The summed E-state index contributed by atoms with van der Waals surface area (Å²) >= 11 is 0. The smallest absolute Gasteiger partial charge is 0.160 e. The van der Waals surface area contributed by atoms with Gasteiger partial charge in [-0.2, -0.15) is 0 Å². The minimum atomic E-state index is 0.621. The predicted molar refractivity (Wildman–Crippen MR) is 267 cm³/mol. The van der Waals surface area contributed by atoms with Gasteiger partial charge in [-0.3, -0.25) is 0 Å². The fourth-order valence-corrected chi connectivity index (χ4v) is 9.22. The number of hydrogen-bond donors (Lipinski definition) is 0. The molecule has 0 N–H and O–H groups in total. The molecule has 1 aliphatic heterocycles. The molecule has 298 valence electrons. The van der Waals surface area contributed by atoms with E-state index in [1.807, 2.05) is 42.5 Å². The lowest BCUT2D eigenvalue weighted by molar-refractivity contribution is 1.18. The lowest BCUT2D eigenvalue weighted by Gasteiger charge is -2.34. The average molecular weight is 807 g/mol. The van der Waals surface area contributed by atoms with Gasteiger partial charge in [0.15, 0.2) is 5.84 Å². The molecule has 63 heavy (non-hydrogen) atoms. The second-order valence-corrected chi connectivity index (χ2v) is 15.8. The Morgan fingerprint density at radius 3 is 1.78 bits per heavy atom. The van der Waals surface area contributed by atoms with Crippen LogP contribution >= 0.6 is 0 Å². The van der Waals surface area contributed by atoms with E-state index in [0.29, 0.717) is 5.84 Å². The first-order chi connectivity index (χ1) is 31.1. The molecule has 4 nitrogen and oxygen atoms in total. The van der Waals surface area contributed by atoms with Crippen LogP contribution in [0.25, 0.3) is 66.2 Å². The Labute approximate surface area is 367 Å². The number of nitrogens with zero attached hydrogens (tertiary/aromatic N) is 4. The maximum Gasteiger partial charge on any atom is 0.160 e. The minimum absolute atomic E-state index is 0.621.